The third kappa shape index (κ3) is 1.34. The summed E-state index contributed by atoms with van der Waals surface area (Å²) in [5.41, 5.74) is 1.13. The normalized spacial score (nSPS) is 53.2. The maximum absolute atomic E-state index is 10.8. The summed E-state index contributed by atoms with van der Waals surface area (Å²) < 4.78 is 6.25. The van der Waals surface area contributed by atoms with Gasteiger partial charge in [-0.25, -0.2) is 0 Å². The molecule has 0 aromatic rings. The van der Waals surface area contributed by atoms with E-state index in [1.54, 1.807) is 0 Å². The number of hydrogen-bond acceptors (Lipinski definition) is 2. The SMILES string of the molecule is C=C1CC2(O)O[C@@]3(C[C@H]2C(C)C)[C@@H](C)CC[C@@H]13. The largest absolute Gasteiger partial charge is 0.365 e. The van der Waals surface area contributed by atoms with E-state index in [-0.39, 0.29) is 11.5 Å². The van der Waals surface area contributed by atoms with Crippen molar-refractivity contribution in [2.24, 2.45) is 23.7 Å². The van der Waals surface area contributed by atoms with Gasteiger partial charge < -0.3 is 9.84 Å². The van der Waals surface area contributed by atoms with Gasteiger partial charge in [-0.15, -0.1) is 0 Å². The highest BCUT2D eigenvalue weighted by Crippen LogP contribution is 2.63. The predicted molar refractivity (Wildman–Crippen MR) is 67.4 cm³/mol. The van der Waals surface area contributed by atoms with Crippen LogP contribution in [0.25, 0.3) is 0 Å². The lowest BCUT2D eigenvalue weighted by atomic mass is 9.77. The molecule has 1 saturated carbocycles. The molecule has 2 saturated heterocycles. The van der Waals surface area contributed by atoms with Crippen molar-refractivity contribution >= 4 is 0 Å². The van der Waals surface area contributed by atoms with Crippen LogP contribution in [0, 0.1) is 23.7 Å². The molecule has 5 atom stereocenters. The van der Waals surface area contributed by atoms with Crippen molar-refractivity contribution in [3.63, 3.8) is 0 Å². The lowest BCUT2D eigenvalue weighted by Crippen LogP contribution is -2.48. The highest BCUT2D eigenvalue weighted by molar-refractivity contribution is 5.24. The van der Waals surface area contributed by atoms with Crippen LogP contribution >= 0.6 is 0 Å². The second-order valence-electron chi connectivity index (χ2n) is 6.82. The summed E-state index contributed by atoms with van der Waals surface area (Å²) in [5, 5.41) is 10.8. The van der Waals surface area contributed by atoms with Gasteiger partial charge in [0.25, 0.3) is 0 Å². The van der Waals surface area contributed by atoms with E-state index in [2.05, 4.69) is 27.4 Å². The van der Waals surface area contributed by atoms with Crippen LogP contribution < -0.4 is 0 Å². The first kappa shape index (κ1) is 11.7. The van der Waals surface area contributed by atoms with Gasteiger partial charge in [0.2, 0.25) is 0 Å². The van der Waals surface area contributed by atoms with Gasteiger partial charge in [0.15, 0.2) is 5.79 Å². The van der Waals surface area contributed by atoms with Gasteiger partial charge in [-0.2, -0.15) is 0 Å². The average molecular weight is 236 g/mol. The van der Waals surface area contributed by atoms with Gasteiger partial charge in [-0.3, -0.25) is 0 Å². The highest BCUT2D eigenvalue weighted by atomic mass is 16.6. The van der Waals surface area contributed by atoms with Crippen LogP contribution in [0.5, 0.6) is 0 Å². The fraction of sp³-hybridized carbons (Fsp3) is 0.867. The van der Waals surface area contributed by atoms with Gasteiger partial charge in [0, 0.05) is 18.3 Å². The van der Waals surface area contributed by atoms with Crippen molar-refractivity contribution in [1.82, 2.24) is 0 Å². The maximum atomic E-state index is 10.8. The second-order valence-corrected chi connectivity index (χ2v) is 6.82. The fourth-order valence-electron chi connectivity index (χ4n) is 4.64. The number of rotatable bonds is 1. The van der Waals surface area contributed by atoms with Crippen molar-refractivity contribution in [2.75, 3.05) is 0 Å². The molecule has 3 fully saturated rings. The smallest absolute Gasteiger partial charge is 0.173 e. The summed E-state index contributed by atoms with van der Waals surface area (Å²) in [5.74, 6) is 0.852. The minimum atomic E-state index is -0.930. The van der Waals surface area contributed by atoms with E-state index in [4.69, 9.17) is 4.74 Å². The molecule has 2 bridgehead atoms. The summed E-state index contributed by atoms with van der Waals surface area (Å²) in [6.07, 6.45) is 4.08. The molecule has 0 aromatic heterocycles. The Labute approximate surface area is 104 Å². The molecule has 1 spiro atoms. The average Bonchev–Trinajstić information content (AvgIpc) is 2.65. The molecule has 2 heteroatoms. The quantitative estimate of drug-likeness (QED) is 0.709. The molecule has 3 aliphatic rings. The minimum absolute atomic E-state index is 0.0982. The van der Waals surface area contributed by atoms with Crippen LogP contribution in [0.3, 0.4) is 0 Å². The zero-order valence-corrected chi connectivity index (χ0v) is 11.2. The maximum Gasteiger partial charge on any atom is 0.173 e. The first-order valence-electron chi connectivity index (χ1n) is 6.99. The van der Waals surface area contributed by atoms with Gasteiger partial charge in [0.05, 0.1) is 5.60 Å². The van der Waals surface area contributed by atoms with Gasteiger partial charge in [-0.1, -0.05) is 32.9 Å². The van der Waals surface area contributed by atoms with Crippen molar-refractivity contribution < 1.29 is 9.84 Å². The third-order valence-electron chi connectivity index (χ3n) is 5.58. The molecule has 96 valence electrons. The van der Waals surface area contributed by atoms with E-state index in [0.717, 1.165) is 6.42 Å². The second kappa shape index (κ2) is 3.36. The Bertz CT molecular complexity index is 362. The molecule has 2 aliphatic heterocycles. The molecular formula is C15H24O2. The summed E-state index contributed by atoms with van der Waals surface area (Å²) in [7, 11) is 0. The molecule has 0 amide bonds. The molecular weight excluding hydrogens is 212 g/mol. The van der Waals surface area contributed by atoms with Crippen LogP contribution in [0.2, 0.25) is 0 Å². The summed E-state index contributed by atoms with van der Waals surface area (Å²) >= 11 is 0. The first-order chi connectivity index (χ1) is 7.89. The van der Waals surface area contributed by atoms with Gasteiger partial charge in [0.1, 0.15) is 0 Å². The number of hydrogen-bond donors (Lipinski definition) is 1. The minimum Gasteiger partial charge on any atom is -0.365 e. The molecule has 1 unspecified atom stereocenters. The van der Waals surface area contributed by atoms with E-state index < -0.39 is 5.79 Å². The van der Waals surface area contributed by atoms with E-state index in [1.807, 2.05) is 0 Å². The van der Waals surface area contributed by atoms with Crippen LogP contribution in [0.1, 0.15) is 46.5 Å². The Morgan fingerprint density at radius 2 is 2.12 bits per heavy atom. The third-order valence-corrected chi connectivity index (χ3v) is 5.58. The van der Waals surface area contributed by atoms with E-state index >= 15 is 0 Å². The Balaban J connectivity index is 2.04. The van der Waals surface area contributed by atoms with Crippen LogP contribution in [0.4, 0.5) is 0 Å². The monoisotopic (exact) mass is 236 g/mol. The summed E-state index contributed by atoms with van der Waals surface area (Å²) in [6, 6.07) is 0. The predicted octanol–water partition coefficient (Wildman–Crippen LogP) is 3.11. The van der Waals surface area contributed by atoms with Gasteiger partial charge in [-0.05, 0) is 31.1 Å². The van der Waals surface area contributed by atoms with Crippen LogP contribution in [0.15, 0.2) is 12.2 Å². The molecule has 2 nitrogen and oxygen atoms in total. The summed E-state index contributed by atoms with van der Waals surface area (Å²) in [4.78, 5) is 0. The molecule has 2 heterocycles. The fourth-order valence-corrected chi connectivity index (χ4v) is 4.64. The topological polar surface area (TPSA) is 29.5 Å². The first-order valence-corrected chi connectivity index (χ1v) is 6.99. The molecule has 0 aromatic carbocycles. The standard InChI is InChI=1S/C15H24O2/c1-9(2)13-8-14-11(4)5-6-12(14)10(3)7-15(13,16)17-14/h9,11-13,16H,3,5-8H2,1-2,4H3/t11-,12-,13-,14-,15?/m0/s1. The Morgan fingerprint density at radius 3 is 2.76 bits per heavy atom. The number of ether oxygens (including phenoxy) is 1. The van der Waals surface area contributed by atoms with Crippen LogP contribution in [-0.2, 0) is 4.74 Å². The lowest BCUT2D eigenvalue weighted by Gasteiger charge is -2.43. The van der Waals surface area contributed by atoms with Crippen molar-refractivity contribution in [2.45, 2.75) is 57.8 Å². The Hall–Kier alpha value is -0.340. The van der Waals surface area contributed by atoms with Crippen LogP contribution in [-0.4, -0.2) is 16.5 Å². The zero-order chi connectivity index (χ0) is 12.4. The Kier molecular flexibility index (Phi) is 2.32. The number of fused-ring (bicyclic) bond motifs is 1. The molecule has 0 radical (unpaired) electrons. The van der Waals surface area contributed by atoms with E-state index in [1.165, 1.54) is 18.4 Å². The number of aliphatic hydroxyl groups is 1. The Morgan fingerprint density at radius 1 is 1.41 bits per heavy atom. The zero-order valence-electron chi connectivity index (χ0n) is 11.2. The molecule has 1 aliphatic carbocycles. The molecule has 3 rings (SSSR count). The van der Waals surface area contributed by atoms with Gasteiger partial charge >= 0.3 is 0 Å². The lowest BCUT2D eigenvalue weighted by molar-refractivity contribution is -0.269. The van der Waals surface area contributed by atoms with Crippen molar-refractivity contribution in [3.05, 3.63) is 12.2 Å². The van der Waals surface area contributed by atoms with Crippen molar-refractivity contribution in [3.8, 4) is 0 Å². The molecule has 1 N–H and O–H groups in total. The molecule has 17 heavy (non-hydrogen) atoms. The van der Waals surface area contributed by atoms with E-state index in [9.17, 15) is 5.11 Å². The van der Waals surface area contributed by atoms with E-state index in [0.29, 0.717) is 24.2 Å². The highest BCUT2D eigenvalue weighted by Gasteiger charge is 2.66. The summed E-state index contributed by atoms with van der Waals surface area (Å²) in [6.45, 7) is 10.9. The van der Waals surface area contributed by atoms with Crippen molar-refractivity contribution in [1.29, 1.82) is 0 Å².